The molecule has 2 heterocycles. The van der Waals surface area contributed by atoms with Gasteiger partial charge in [-0.3, -0.25) is 4.79 Å². The molecular weight excluding hydrogens is 350 g/mol. The van der Waals surface area contributed by atoms with E-state index >= 15 is 0 Å². The first-order chi connectivity index (χ1) is 12.5. The molecule has 0 aliphatic rings. The molecule has 0 spiro atoms. The number of rotatable bonds is 6. The molecule has 1 aromatic carbocycles. The van der Waals surface area contributed by atoms with Crippen LogP contribution in [0.3, 0.4) is 0 Å². The second kappa shape index (κ2) is 8.01. The Kier molecular flexibility index (Phi) is 5.53. The summed E-state index contributed by atoms with van der Waals surface area (Å²) in [5, 5.41) is 4.52. The Morgan fingerprint density at radius 1 is 1.19 bits per heavy atom. The molecule has 0 aliphatic heterocycles. The van der Waals surface area contributed by atoms with Gasteiger partial charge < -0.3 is 14.5 Å². The minimum Gasteiger partial charge on any atom is -0.467 e. The van der Waals surface area contributed by atoms with Crippen molar-refractivity contribution in [1.29, 1.82) is 0 Å². The lowest BCUT2D eigenvalue weighted by Crippen LogP contribution is -2.35. The Hall–Kier alpha value is -2.86. The molecule has 0 radical (unpaired) electrons. The quantitative estimate of drug-likeness (QED) is 0.662. The van der Waals surface area contributed by atoms with E-state index in [9.17, 15) is 9.59 Å². The normalized spacial score (nSPS) is 11.8. The lowest BCUT2D eigenvalue weighted by Gasteiger charge is -2.13. The number of carbonyl (C=O) groups excluding carboxylic acids is 2. The van der Waals surface area contributed by atoms with E-state index in [-0.39, 0.29) is 12.5 Å². The number of thiophene rings is 1. The molecular formula is C20H19NO4S. The number of furan rings is 1. The largest absolute Gasteiger partial charge is 0.467 e. The second-order valence-corrected chi connectivity index (χ2v) is 6.79. The van der Waals surface area contributed by atoms with E-state index in [1.807, 2.05) is 42.6 Å². The average Bonchev–Trinajstić information content (AvgIpc) is 3.32. The summed E-state index contributed by atoms with van der Waals surface area (Å²) in [6.45, 7) is 3.81. The van der Waals surface area contributed by atoms with Gasteiger partial charge in [-0.15, -0.1) is 11.3 Å². The van der Waals surface area contributed by atoms with Crippen LogP contribution in [0.1, 0.15) is 27.9 Å². The summed E-state index contributed by atoms with van der Waals surface area (Å²) in [6.07, 6.45) is 0.638. The van der Waals surface area contributed by atoms with Crippen LogP contribution in [0.4, 0.5) is 0 Å². The fraction of sp³-hybridized carbons (Fsp3) is 0.200. The van der Waals surface area contributed by atoms with Gasteiger partial charge in [0.25, 0.3) is 5.91 Å². The number of hydrogen-bond donors (Lipinski definition) is 1. The summed E-state index contributed by atoms with van der Waals surface area (Å²) < 4.78 is 10.5. The van der Waals surface area contributed by atoms with Crippen molar-refractivity contribution in [2.45, 2.75) is 26.5 Å². The number of ether oxygens (including phenoxy) is 1. The van der Waals surface area contributed by atoms with Crippen LogP contribution < -0.4 is 5.32 Å². The lowest BCUT2D eigenvalue weighted by molar-refractivity contribution is -0.129. The van der Waals surface area contributed by atoms with Crippen LogP contribution >= 0.6 is 11.3 Å². The number of aryl methyl sites for hydroxylation is 1. The Labute approximate surface area is 155 Å². The highest BCUT2D eigenvalue weighted by molar-refractivity contribution is 7.12. The van der Waals surface area contributed by atoms with Crippen molar-refractivity contribution < 1.29 is 18.7 Å². The minimum atomic E-state index is -0.898. The third-order valence-electron chi connectivity index (χ3n) is 3.88. The molecule has 0 saturated carbocycles. The predicted molar refractivity (Wildman–Crippen MR) is 99.9 cm³/mol. The summed E-state index contributed by atoms with van der Waals surface area (Å²) in [5.41, 5.74) is 2.90. The number of hydrogen-bond acceptors (Lipinski definition) is 5. The van der Waals surface area contributed by atoms with Crippen molar-refractivity contribution in [3.63, 3.8) is 0 Å². The number of nitrogens with one attached hydrogen (secondary N) is 1. The Balaban J connectivity index is 1.63. The summed E-state index contributed by atoms with van der Waals surface area (Å²) in [5.74, 6) is -0.240. The van der Waals surface area contributed by atoms with Crippen LogP contribution in [0.2, 0.25) is 0 Å². The molecule has 0 unspecified atom stereocenters. The second-order valence-electron chi connectivity index (χ2n) is 5.87. The number of benzene rings is 1. The molecule has 1 amide bonds. The van der Waals surface area contributed by atoms with Crippen LogP contribution in [0, 0.1) is 6.92 Å². The van der Waals surface area contributed by atoms with Crippen LogP contribution in [-0.2, 0) is 16.1 Å². The monoisotopic (exact) mass is 369 g/mol. The molecule has 3 rings (SSSR count). The maximum atomic E-state index is 12.5. The topological polar surface area (TPSA) is 68.5 Å². The highest BCUT2D eigenvalue weighted by Gasteiger charge is 2.22. The lowest BCUT2D eigenvalue weighted by atomic mass is 10.1. The van der Waals surface area contributed by atoms with Crippen LogP contribution in [-0.4, -0.2) is 18.0 Å². The van der Waals surface area contributed by atoms with Crippen molar-refractivity contribution in [2.24, 2.45) is 0 Å². The molecule has 0 bridgehead atoms. The van der Waals surface area contributed by atoms with Gasteiger partial charge in [0.2, 0.25) is 0 Å². The van der Waals surface area contributed by atoms with Gasteiger partial charge in [-0.1, -0.05) is 29.8 Å². The molecule has 134 valence electrons. The van der Waals surface area contributed by atoms with Crippen LogP contribution in [0.5, 0.6) is 0 Å². The third kappa shape index (κ3) is 4.21. The third-order valence-corrected chi connectivity index (χ3v) is 4.78. The van der Waals surface area contributed by atoms with E-state index in [0.29, 0.717) is 10.6 Å². The van der Waals surface area contributed by atoms with E-state index in [4.69, 9.17) is 9.15 Å². The van der Waals surface area contributed by atoms with E-state index in [0.717, 1.165) is 16.7 Å². The fourth-order valence-electron chi connectivity index (χ4n) is 2.43. The summed E-state index contributed by atoms with van der Waals surface area (Å²) in [4.78, 5) is 25.1. The summed E-state index contributed by atoms with van der Waals surface area (Å²) >= 11 is 1.30. The van der Waals surface area contributed by atoms with Gasteiger partial charge >= 0.3 is 5.97 Å². The zero-order valence-electron chi connectivity index (χ0n) is 14.5. The van der Waals surface area contributed by atoms with E-state index in [1.165, 1.54) is 17.6 Å². The van der Waals surface area contributed by atoms with Gasteiger partial charge in [0.1, 0.15) is 10.6 Å². The molecule has 0 saturated heterocycles. The summed E-state index contributed by atoms with van der Waals surface area (Å²) in [7, 11) is 0. The van der Waals surface area contributed by atoms with Crippen molar-refractivity contribution in [1.82, 2.24) is 5.32 Å². The first-order valence-electron chi connectivity index (χ1n) is 8.20. The van der Waals surface area contributed by atoms with Gasteiger partial charge in [0, 0.05) is 5.56 Å². The number of esters is 1. The molecule has 1 N–H and O–H groups in total. The molecule has 1 atom stereocenters. The number of amides is 1. The Morgan fingerprint density at radius 2 is 1.96 bits per heavy atom. The molecule has 3 aromatic rings. The number of carbonyl (C=O) groups is 2. The molecule has 26 heavy (non-hydrogen) atoms. The standard InChI is InChI=1S/C20H19NO4S/c1-13-5-7-15(8-6-13)17-9-11-26-18(17)20(23)25-14(2)19(22)21-12-16-4-3-10-24-16/h3-11,14H,12H2,1-2H3,(H,21,22)/t14-/m1/s1. The van der Waals surface area contributed by atoms with Crippen LogP contribution in [0.25, 0.3) is 11.1 Å². The first-order valence-corrected chi connectivity index (χ1v) is 9.08. The van der Waals surface area contributed by atoms with Crippen molar-refractivity contribution in [3.05, 3.63) is 70.3 Å². The highest BCUT2D eigenvalue weighted by atomic mass is 32.1. The Bertz CT molecular complexity index is 881. The van der Waals surface area contributed by atoms with Gasteiger partial charge in [-0.25, -0.2) is 4.79 Å². The zero-order valence-corrected chi connectivity index (χ0v) is 15.3. The Morgan fingerprint density at radius 3 is 2.65 bits per heavy atom. The molecule has 0 aliphatic carbocycles. The zero-order chi connectivity index (χ0) is 18.5. The summed E-state index contributed by atoms with van der Waals surface area (Å²) in [6, 6.07) is 13.3. The average molecular weight is 369 g/mol. The van der Waals surface area contributed by atoms with Crippen molar-refractivity contribution >= 4 is 23.2 Å². The molecule has 5 nitrogen and oxygen atoms in total. The maximum Gasteiger partial charge on any atom is 0.349 e. The fourth-order valence-corrected chi connectivity index (χ4v) is 3.22. The highest BCUT2D eigenvalue weighted by Crippen LogP contribution is 2.29. The first kappa shape index (κ1) is 17.9. The predicted octanol–water partition coefficient (Wildman–Crippen LogP) is 4.18. The minimum absolute atomic E-state index is 0.251. The van der Waals surface area contributed by atoms with E-state index in [2.05, 4.69) is 5.32 Å². The SMILES string of the molecule is Cc1ccc(-c2ccsc2C(=O)O[C@H](C)C(=O)NCc2ccco2)cc1. The van der Waals surface area contributed by atoms with Gasteiger partial charge in [-0.2, -0.15) is 0 Å². The van der Waals surface area contributed by atoms with Crippen molar-refractivity contribution in [2.75, 3.05) is 0 Å². The smallest absolute Gasteiger partial charge is 0.349 e. The molecule has 6 heteroatoms. The van der Waals surface area contributed by atoms with Crippen LogP contribution in [0.15, 0.2) is 58.5 Å². The molecule has 0 fully saturated rings. The van der Waals surface area contributed by atoms with E-state index < -0.39 is 12.1 Å². The van der Waals surface area contributed by atoms with Gasteiger partial charge in [0.15, 0.2) is 6.10 Å². The van der Waals surface area contributed by atoms with E-state index in [1.54, 1.807) is 19.1 Å². The van der Waals surface area contributed by atoms with Gasteiger partial charge in [-0.05, 0) is 43.0 Å². The van der Waals surface area contributed by atoms with Crippen molar-refractivity contribution in [3.8, 4) is 11.1 Å². The molecule has 2 aromatic heterocycles. The maximum absolute atomic E-state index is 12.5. The van der Waals surface area contributed by atoms with Gasteiger partial charge in [0.05, 0.1) is 12.8 Å².